The van der Waals surface area contributed by atoms with Crippen LogP contribution >= 0.6 is 7.60 Å². The van der Waals surface area contributed by atoms with Crippen LogP contribution in [0.15, 0.2) is 60.1 Å². The van der Waals surface area contributed by atoms with Gasteiger partial charge in [0, 0.05) is 26.4 Å². The van der Waals surface area contributed by atoms with Gasteiger partial charge < -0.3 is 13.8 Å². The summed E-state index contributed by atoms with van der Waals surface area (Å²) in [5.41, 5.74) is 0.235. The summed E-state index contributed by atoms with van der Waals surface area (Å²) in [5, 5.41) is 10.7. The van der Waals surface area contributed by atoms with Gasteiger partial charge in [-0.05, 0) is 35.9 Å². The van der Waals surface area contributed by atoms with Gasteiger partial charge in [0.15, 0.2) is 0 Å². The molecule has 9 heteroatoms. The maximum Gasteiger partial charge on any atom is 0.395 e. The van der Waals surface area contributed by atoms with Crippen LogP contribution in [-0.2, 0) is 18.3 Å². The molecule has 2 aromatic rings. The quantitative estimate of drug-likeness (QED) is 0.234. The fourth-order valence-electron chi connectivity index (χ4n) is 1.98. The van der Waals surface area contributed by atoms with Crippen LogP contribution in [0.4, 0.5) is 5.69 Å². The van der Waals surface area contributed by atoms with Crippen LogP contribution < -0.4 is 0 Å². The number of esters is 1. The van der Waals surface area contributed by atoms with Crippen molar-refractivity contribution in [1.82, 2.24) is 0 Å². The van der Waals surface area contributed by atoms with Gasteiger partial charge in [0.25, 0.3) is 5.69 Å². The van der Waals surface area contributed by atoms with Crippen molar-refractivity contribution in [2.45, 2.75) is 0 Å². The number of hydrogen-bond donors (Lipinski definition) is 0. The lowest BCUT2D eigenvalue weighted by Crippen LogP contribution is -2.07. The second kappa shape index (κ2) is 8.53. The maximum atomic E-state index is 12.7. The second-order valence-electron chi connectivity index (χ2n) is 4.95. The average molecular weight is 377 g/mol. The summed E-state index contributed by atoms with van der Waals surface area (Å²) >= 11 is 0. The first-order valence-electron chi connectivity index (χ1n) is 7.35. The Balaban J connectivity index is 2.39. The number of nitrogens with zero attached hydrogens (tertiary/aromatic N) is 1. The zero-order valence-corrected chi connectivity index (χ0v) is 14.9. The van der Waals surface area contributed by atoms with Crippen LogP contribution in [0, 0.1) is 10.1 Å². The van der Waals surface area contributed by atoms with Gasteiger partial charge in [-0.15, -0.1) is 0 Å². The lowest BCUT2D eigenvalue weighted by molar-refractivity contribution is -0.384. The van der Waals surface area contributed by atoms with Gasteiger partial charge in [-0.3, -0.25) is 14.7 Å². The van der Waals surface area contributed by atoms with Gasteiger partial charge in [-0.2, -0.15) is 0 Å². The van der Waals surface area contributed by atoms with E-state index in [1.54, 1.807) is 18.2 Å². The summed E-state index contributed by atoms with van der Waals surface area (Å²) in [6, 6.07) is 13.5. The topological polar surface area (TPSA) is 105 Å². The van der Waals surface area contributed by atoms with E-state index in [-0.39, 0.29) is 16.8 Å². The Bertz CT molecular complexity index is 854. The van der Waals surface area contributed by atoms with Crippen LogP contribution in [0.25, 0.3) is 6.08 Å². The highest BCUT2D eigenvalue weighted by molar-refractivity contribution is 7.58. The van der Waals surface area contributed by atoms with Gasteiger partial charge in [0.05, 0.1) is 10.5 Å². The van der Waals surface area contributed by atoms with Gasteiger partial charge in [-0.25, -0.2) is 4.79 Å². The Morgan fingerprint density at radius 3 is 2.12 bits per heavy atom. The van der Waals surface area contributed by atoms with E-state index < -0.39 is 18.5 Å². The highest BCUT2D eigenvalue weighted by Crippen LogP contribution is 2.55. The first-order valence-corrected chi connectivity index (χ1v) is 8.89. The Hall–Kier alpha value is -2.80. The number of non-ortho nitro benzene ring substituents is 1. The molecule has 0 aliphatic carbocycles. The molecule has 0 saturated carbocycles. The van der Waals surface area contributed by atoms with E-state index in [4.69, 9.17) is 13.8 Å². The molecule has 0 bridgehead atoms. The van der Waals surface area contributed by atoms with E-state index in [1.807, 2.05) is 0 Å². The van der Waals surface area contributed by atoms with Gasteiger partial charge in [-0.1, -0.05) is 18.2 Å². The number of benzene rings is 2. The smallest absolute Gasteiger partial charge is 0.395 e. The van der Waals surface area contributed by atoms with Crippen molar-refractivity contribution in [3.63, 3.8) is 0 Å². The first-order chi connectivity index (χ1) is 12.4. The Kier molecular flexibility index (Phi) is 6.41. The van der Waals surface area contributed by atoms with E-state index in [9.17, 15) is 19.5 Å². The lowest BCUT2D eigenvalue weighted by atomic mass is 10.2. The second-order valence-corrected chi connectivity index (χ2v) is 7.12. The summed E-state index contributed by atoms with van der Waals surface area (Å²) < 4.78 is 27.7. The summed E-state index contributed by atoms with van der Waals surface area (Å²) in [6.45, 7) is 0. The summed E-state index contributed by atoms with van der Waals surface area (Å²) in [6.07, 6.45) is 1.28. The van der Waals surface area contributed by atoms with Crippen molar-refractivity contribution >= 4 is 25.3 Å². The summed E-state index contributed by atoms with van der Waals surface area (Å²) in [7, 11) is -1.56. The predicted molar refractivity (Wildman–Crippen MR) is 94.6 cm³/mol. The highest BCUT2D eigenvalue weighted by atomic mass is 31.2. The van der Waals surface area contributed by atoms with E-state index in [0.717, 1.165) is 14.2 Å². The lowest BCUT2D eigenvalue weighted by Gasteiger charge is -2.17. The normalized spacial score (nSPS) is 11.8. The van der Waals surface area contributed by atoms with Crippen molar-refractivity contribution < 1.29 is 28.1 Å². The molecular formula is C17H16NO7P. The molecule has 0 atom stereocenters. The fourth-order valence-corrected chi connectivity index (χ4v) is 2.99. The van der Waals surface area contributed by atoms with Gasteiger partial charge in [0.2, 0.25) is 5.50 Å². The van der Waals surface area contributed by atoms with Crippen molar-refractivity contribution in [2.24, 2.45) is 0 Å². The van der Waals surface area contributed by atoms with Crippen LogP contribution in [0.5, 0.6) is 0 Å². The van der Waals surface area contributed by atoms with Gasteiger partial charge in [0.1, 0.15) is 0 Å². The molecule has 8 nitrogen and oxygen atoms in total. The number of nitro groups is 1. The van der Waals surface area contributed by atoms with Crippen LogP contribution in [0.2, 0.25) is 0 Å². The number of rotatable bonds is 7. The molecule has 0 aliphatic heterocycles. The van der Waals surface area contributed by atoms with Crippen molar-refractivity contribution in [1.29, 1.82) is 0 Å². The summed E-state index contributed by atoms with van der Waals surface area (Å²) in [4.78, 5) is 22.5. The predicted octanol–water partition coefficient (Wildman–Crippen LogP) is 4.24. The van der Waals surface area contributed by atoms with E-state index in [0.29, 0.717) is 5.56 Å². The first kappa shape index (κ1) is 19.5. The molecule has 0 heterocycles. The van der Waals surface area contributed by atoms with Crippen molar-refractivity contribution in [3.8, 4) is 0 Å². The third kappa shape index (κ3) is 4.64. The highest BCUT2D eigenvalue weighted by Gasteiger charge is 2.32. The largest absolute Gasteiger partial charge is 0.414 e. The number of hydrogen-bond acceptors (Lipinski definition) is 7. The molecule has 0 amide bonds. The molecule has 0 saturated heterocycles. The van der Waals surface area contributed by atoms with Crippen LogP contribution in [0.1, 0.15) is 15.9 Å². The Morgan fingerprint density at radius 2 is 1.62 bits per heavy atom. The zero-order valence-electron chi connectivity index (χ0n) is 14.0. The number of carbonyl (C=O) groups is 1. The van der Waals surface area contributed by atoms with Crippen molar-refractivity contribution in [2.75, 3.05) is 14.2 Å². The van der Waals surface area contributed by atoms with Crippen LogP contribution in [0.3, 0.4) is 0 Å². The van der Waals surface area contributed by atoms with E-state index in [2.05, 4.69) is 0 Å². The minimum Gasteiger partial charge on any atom is -0.414 e. The monoisotopic (exact) mass is 377 g/mol. The molecule has 2 rings (SSSR count). The molecular weight excluding hydrogens is 361 g/mol. The van der Waals surface area contributed by atoms with E-state index >= 15 is 0 Å². The minimum atomic E-state index is -3.88. The van der Waals surface area contributed by atoms with Crippen LogP contribution in [-0.4, -0.2) is 25.1 Å². The molecule has 0 N–H and O–H groups in total. The average Bonchev–Trinajstić information content (AvgIpc) is 2.67. The number of nitro benzene ring substituents is 1. The Morgan fingerprint density at radius 1 is 1.04 bits per heavy atom. The van der Waals surface area contributed by atoms with Crippen molar-refractivity contribution in [3.05, 3.63) is 81.3 Å². The van der Waals surface area contributed by atoms with Gasteiger partial charge >= 0.3 is 13.6 Å². The molecule has 136 valence electrons. The third-order valence-corrected chi connectivity index (χ3v) is 5.07. The molecule has 0 unspecified atom stereocenters. The molecule has 0 fully saturated rings. The fraction of sp³-hybridized carbons (Fsp3) is 0.118. The molecule has 0 aliphatic rings. The molecule has 0 aromatic heterocycles. The molecule has 2 aromatic carbocycles. The SMILES string of the molecule is COP(=O)(OC)/C(=C\c1ccc([N+](=O)[O-])cc1)OC(=O)c1ccccc1. The number of carbonyl (C=O) groups excluding carboxylic acids is 1. The standard InChI is InChI=1S/C17H16NO7P/c1-23-26(22,24-2)16(25-17(19)14-6-4-3-5-7-14)12-13-8-10-15(11-9-13)18(20)21/h3-12H,1-2H3/b16-12-. The zero-order chi connectivity index (χ0) is 19.2. The minimum absolute atomic E-state index is 0.105. The molecule has 0 spiro atoms. The third-order valence-electron chi connectivity index (χ3n) is 3.35. The Labute approximate surface area is 149 Å². The molecule has 26 heavy (non-hydrogen) atoms. The number of ether oxygens (including phenoxy) is 1. The maximum absolute atomic E-state index is 12.7. The molecule has 0 radical (unpaired) electrons. The summed E-state index contributed by atoms with van der Waals surface area (Å²) in [5.74, 6) is -0.743. The van der Waals surface area contributed by atoms with E-state index in [1.165, 1.54) is 42.5 Å².